The SMILES string of the molecule is C=C1OCC1(C(=O)c1ccccc1)c1ccccc1. The first kappa shape index (κ1) is 11.7. The molecule has 1 saturated heterocycles. The second kappa shape index (κ2) is 4.39. The van der Waals surface area contributed by atoms with Gasteiger partial charge in [0, 0.05) is 5.56 Å². The zero-order chi connectivity index (χ0) is 13.3. The highest BCUT2D eigenvalue weighted by Crippen LogP contribution is 2.43. The summed E-state index contributed by atoms with van der Waals surface area (Å²) in [5.41, 5.74) is 0.915. The minimum atomic E-state index is -0.720. The molecule has 94 valence electrons. The third-order valence-electron chi connectivity index (χ3n) is 3.63. The monoisotopic (exact) mass is 250 g/mol. The van der Waals surface area contributed by atoms with Crippen LogP contribution < -0.4 is 0 Å². The van der Waals surface area contributed by atoms with Crippen molar-refractivity contribution in [3.63, 3.8) is 0 Å². The van der Waals surface area contributed by atoms with Crippen LogP contribution in [-0.2, 0) is 10.2 Å². The highest BCUT2D eigenvalue weighted by atomic mass is 16.5. The molecule has 2 aromatic rings. The molecule has 0 saturated carbocycles. The lowest BCUT2D eigenvalue weighted by Gasteiger charge is -2.42. The lowest BCUT2D eigenvalue weighted by molar-refractivity contribution is 0.0215. The minimum Gasteiger partial charge on any atom is -0.495 e. The summed E-state index contributed by atoms with van der Waals surface area (Å²) in [6, 6.07) is 19.0. The van der Waals surface area contributed by atoms with Crippen LogP contribution in [0.25, 0.3) is 0 Å². The third kappa shape index (κ3) is 1.68. The largest absolute Gasteiger partial charge is 0.495 e. The molecule has 1 atom stereocenters. The number of ketones is 1. The Balaban J connectivity index is 2.08. The average molecular weight is 250 g/mol. The maximum atomic E-state index is 12.8. The van der Waals surface area contributed by atoms with E-state index in [1.165, 1.54) is 0 Å². The zero-order valence-corrected chi connectivity index (χ0v) is 10.5. The van der Waals surface area contributed by atoms with E-state index in [-0.39, 0.29) is 5.78 Å². The van der Waals surface area contributed by atoms with E-state index < -0.39 is 5.41 Å². The van der Waals surface area contributed by atoms with E-state index in [9.17, 15) is 4.79 Å². The van der Waals surface area contributed by atoms with E-state index >= 15 is 0 Å². The molecule has 0 radical (unpaired) electrons. The fourth-order valence-corrected chi connectivity index (χ4v) is 2.44. The fourth-order valence-electron chi connectivity index (χ4n) is 2.44. The summed E-state index contributed by atoms with van der Waals surface area (Å²) in [4.78, 5) is 12.8. The Hall–Kier alpha value is -2.35. The van der Waals surface area contributed by atoms with Gasteiger partial charge in [0.2, 0.25) is 0 Å². The molecule has 0 spiro atoms. The number of carbonyl (C=O) groups excluding carboxylic acids is 1. The predicted octanol–water partition coefficient (Wildman–Crippen LogP) is 3.35. The van der Waals surface area contributed by atoms with Gasteiger partial charge in [-0.3, -0.25) is 4.79 Å². The zero-order valence-electron chi connectivity index (χ0n) is 10.5. The molecule has 1 unspecified atom stereocenters. The summed E-state index contributed by atoms with van der Waals surface area (Å²) in [7, 11) is 0. The molecule has 3 rings (SSSR count). The fraction of sp³-hybridized carbons (Fsp3) is 0.118. The van der Waals surface area contributed by atoms with Crippen molar-refractivity contribution in [3.05, 3.63) is 84.1 Å². The Morgan fingerprint density at radius 2 is 1.58 bits per heavy atom. The van der Waals surface area contributed by atoms with Crippen molar-refractivity contribution in [1.29, 1.82) is 0 Å². The van der Waals surface area contributed by atoms with Crippen molar-refractivity contribution < 1.29 is 9.53 Å². The second-order valence-electron chi connectivity index (χ2n) is 4.68. The van der Waals surface area contributed by atoms with Crippen molar-refractivity contribution in [3.8, 4) is 0 Å². The van der Waals surface area contributed by atoms with Crippen LogP contribution in [0.5, 0.6) is 0 Å². The van der Waals surface area contributed by atoms with Gasteiger partial charge >= 0.3 is 0 Å². The number of benzene rings is 2. The first-order chi connectivity index (χ1) is 9.25. The molecule has 1 aliphatic rings. The van der Waals surface area contributed by atoms with Gasteiger partial charge in [0.25, 0.3) is 0 Å². The highest BCUT2D eigenvalue weighted by molar-refractivity contribution is 6.07. The molecule has 2 nitrogen and oxygen atoms in total. The molecular weight excluding hydrogens is 236 g/mol. The van der Waals surface area contributed by atoms with Crippen LogP contribution in [0.3, 0.4) is 0 Å². The number of carbonyl (C=O) groups is 1. The average Bonchev–Trinajstić information content (AvgIpc) is 2.48. The molecule has 0 aromatic heterocycles. The van der Waals surface area contributed by atoms with Crippen molar-refractivity contribution in [1.82, 2.24) is 0 Å². The predicted molar refractivity (Wildman–Crippen MR) is 74.0 cm³/mol. The van der Waals surface area contributed by atoms with Gasteiger partial charge in [0.1, 0.15) is 17.8 Å². The Kier molecular flexibility index (Phi) is 2.71. The normalized spacial score (nSPS) is 21.4. The molecule has 2 heteroatoms. The molecule has 19 heavy (non-hydrogen) atoms. The van der Waals surface area contributed by atoms with Crippen LogP contribution in [0.15, 0.2) is 73.0 Å². The van der Waals surface area contributed by atoms with Gasteiger partial charge < -0.3 is 4.74 Å². The second-order valence-corrected chi connectivity index (χ2v) is 4.68. The van der Waals surface area contributed by atoms with E-state index in [1.807, 2.05) is 60.7 Å². The third-order valence-corrected chi connectivity index (χ3v) is 3.63. The van der Waals surface area contributed by atoms with Crippen LogP contribution >= 0.6 is 0 Å². The number of ether oxygens (including phenoxy) is 1. The van der Waals surface area contributed by atoms with E-state index in [0.717, 1.165) is 5.56 Å². The quantitative estimate of drug-likeness (QED) is 0.781. The molecule has 0 amide bonds. The Morgan fingerprint density at radius 3 is 2.05 bits per heavy atom. The Labute approximate surface area is 112 Å². The molecule has 1 heterocycles. The maximum absolute atomic E-state index is 12.8. The number of hydrogen-bond donors (Lipinski definition) is 0. The van der Waals surface area contributed by atoms with Gasteiger partial charge in [-0.05, 0) is 5.56 Å². The molecule has 0 N–H and O–H groups in total. The van der Waals surface area contributed by atoms with E-state index in [1.54, 1.807) is 0 Å². The highest BCUT2D eigenvalue weighted by Gasteiger charge is 2.52. The first-order valence-electron chi connectivity index (χ1n) is 6.23. The summed E-state index contributed by atoms with van der Waals surface area (Å²) in [5, 5.41) is 0. The van der Waals surface area contributed by atoms with Crippen molar-refractivity contribution in [2.24, 2.45) is 0 Å². The van der Waals surface area contributed by atoms with Gasteiger partial charge in [-0.25, -0.2) is 0 Å². The topological polar surface area (TPSA) is 26.3 Å². The van der Waals surface area contributed by atoms with Gasteiger partial charge in [0.05, 0.1) is 0 Å². The Bertz CT molecular complexity index is 616. The molecule has 2 aromatic carbocycles. The van der Waals surface area contributed by atoms with Crippen molar-refractivity contribution in [2.75, 3.05) is 6.61 Å². The van der Waals surface area contributed by atoms with Crippen LogP contribution in [-0.4, -0.2) is 12.4 Å². The van der Waals surface area contributed by atoms with Gasteiger partial charge in [0.15, 0.2) is 5.78 Å². The molecule has 1 aliphatic heterocycles. The molecule has 0 bridgehead atoms. The van der Waals surface area contributed by atoms with Crippen LogP contribution in [0.2, 0.25) is 0 Å². The van der Waals surface area contributed by atoms with Crippen molar-refractivity contribution in [2.45, 2.75) is 5.41 Å². The van der Waals surface area contributed by atoms with E-state index in [2.05, 4.69) is 6.58 Å². The van der Waals surface area contributed by atoms with Gasteiger partial charge in [-0.15, -0.1) is 0 Å². The van der Waals surface area contributed by atoms with Crippen LogP contribution in [0.4, 0.5) is 0 Å². The summed E-state index contributed by atoms with van der Waals surface area (Å²) in [6.07, 6.45) is 0. The van der Waals surface area contributed by atoms with Gasteiger partial charge in [-0.2, -0.15) is 0 Å². The summed E-state index contributed by atoms with van der Waals surface area (Å²) >= 11 is 0. The standard InChI is InChI=1S/C17H14O2/c1-13-17(12-19-13,15-10-6-3-7-11-15)16(18)14-8-4-2-5-9-14/h2-11H,1,12H2. The minimum absolute atomic E-state index is 0.0514. The molecular formula is C17H14O2. The van der Waals surface area contributed by atoms with Gasteiger partial charge in [-0.1, -0.05) is 67.2 Å². The number of hydrogen-bond acceptors (Lipinski definition) is 2. The summed E-state index contributed by atoms with van der Waals surface area (Å²) < 4.78 is 5.33. The van der Waals surface area contributed by atoms with Crippen LogP contribution in [0, 0.1) is 0 Å². The van der Waals surface area contributed by atoms with Crippen molar-refractivity contribution >= 4 is 5.78 Å². The smallest absolute Gasteiger partial charge is 0.184 e. The molecule has 1 fully saturated rings. The summed E-state index contributed by atoms with van der Waals surface area (Å²) in [6.45, 7) is 4.26. The summed E-state index contributed by atoms with van der Waals surface area (Å²) in [5.74, 6) is 0.586. The van der Waals surface area contributed by atoms with Crippen LogP contribution in [0.1, 0.15) is 15.9 Å². The number of rotatable bonds is 3. The van der Waals surface area contributed by atoms with E-state index in [0.29, 0.717) is 17.9 Å². The first-order valence-corrected chi connectivity index (χ1v) is 6.23. The van der Waals surface area contributed by atoms with E-state index in [4.69, 9.17) is 4.74 Å². The molecule has 0 aliphatic carbocycles. The Morgan fingerprint density at radius 1 is 1.00 bits per heavy atom. The lowest BCUT2D eigenvalue weighted by atomic mass is 9.71. The number of Topliss-reactive ketones (excluding diaryl/α,β-unsaturated/α-hetero) is 1. The lowest BCUT2D eigenvalue weighted by Crippen LogP contribution is -2.50. The maximum Gasteiger partial charge on any atom is 0.184 e.